The van der Waals surface area contributed by atoms with E-state index in [-0.39, 0.29) is 0 Å². The Balaban J connectivity index is 1.81. The number of hydrogen-bond donors (Lipinski definition) is 2. The molecule has 0 fully saturated rings. The molecule has 0 saturated heterocycles. The Kier molecular flexibility index (Phi) is 3.92. The maximum absolute atomic E-state index is 6.08. The summed E-state index contributed by atoms with van der Waals surface area (Å²) in [6.45, 7) is 0.722. The summed E-state index contributed by atoms with van der Waals surface area (Å²) in [6, 6.07) is 11.7. The zero-order valence-electron chi connectivity index (χ0n) is 10.4. The Hall–Kier alpha value is -1.16. The number of rotatable bonds is 3. The van der Waals surface area contributed by atoms with Crippen molar-refractivity contribution in [3.8, 4) is 0 Å². The minimum atomic E-state index is 0.695. The first-order valence-corrected chi connectivity index (χ1v) is 7.63. The summed E-state index contributed by atoms with van der Waals surface area (Å²) in [5.74, 6) is 0. The van der Waals surface area contributed by atoms with Gasteiger partial charge in [-0.05, 0) is 51.8 Å². The first-order valence-electron chi connectivity index (χ1n) is 6.08. The van der Waals surface area contributed by atoms with Crippen molar-refractivity contribution in [2.45, 2.75) is 6.54 Å². The molecule has 0 radical (unpaired) electrons. The van der Waals surface area contributed by atoms with E-state index >= 15 is 0 Å². The Morgan fingerprint density at radius 3 is 2.75 bits per heavy atom. The molecule has 2 N–H and O–H groups in total. The lowest BCUT2D eigenvalue weighted by Gasteiger charge is -2.07. The van der Waals surface area contributed by atoms with Crippen LogP contribution in [0.1, 0.15) is 5.56 Å². The third-order valence-electron chi connectivity index (χ3n) is 3.13. The van der Waals surface area contributed by atoms with Crippen LogP contribution in [0.3, 0.4) is 0 Å². The van der Waals surface area contributed by atoms with Crippen molar-refractivity contribution >= 4 is 55.7 Å². The number of hydrogen-bond acceptors (Lipinski definition) is 1. The smallest absolute Gasteiger partial charge is 0.0568 e. The largest absolute Gasteiger partial charge is 0.381 e. The predicted octanol–water partition coefficient (Wildman–Crippen LogP) is 5.85. The minimum Gasteiger partial charge on any atom is -0.381 e. The van der Waals surface area contributed by atoms with Crippen molar-refractivity contribution in [2.75, 3.05) is 5.32 Å². The number of aromatic amines is 1. The maximum atomic E-state index is 6.08. The molecule has 2 nitrogen and oxygen atoms in total. The maximum Gasteiger partial charge on any atom is 0.0568 e. The van der Waals surface area contributed by atoms with Crippen LogP contribution in [0, 0.1) is 0 Å². The van der Waals surface area contributed by atoms with E-state index in [9.17, 15) is 0 Å². The lowest BCUT2D eigenvalue weighted by molar-refractivity contribution is 1.16. The standard InChI is InChI=1S/C15H11BrCl2N2/c16-13-4-2-11(6-14(13)18)19-7-9-8-20-15-5-10(17)1-3-12(9)15/h1-6,8,19-20H,7H2. The summed E-state index contributed by atoms with van der Waals surface area (Å²) in [6.07, 6.45) is 1.99. The van der Waals surface area contributed by atoms with Gasteiger partial charge in [0.15, 0.2) is 0 Å². The molecule has 2 aromatic carbocycles. The molecule has 0 saturated carbocycles. The van der Waals surface area contributed by atoms with Gasteiger partial charge in [-0.1, -0.05) is 29.3 Å². The molecular weight excluding hydrogens is 359 g/mol. The molecule has 0 spiro atoms. The summed E-state index contributed by atoms with van der Waals surface area (Å²) in [5, 5.41) is 5.96. The fourth-order valence-corrected chi connectivity index (χ4v) is 2.71. The van der Waals surface area contributed by atoms with Crippen LogP contribution < -0.4 is 5.32 Å². The van der Waals surface area contributed by atoms with Gasteiger partial charge in [-0.15, -0.1) is 0 Å². The Morgan fingerprint density at radius 1 is 1.10 bits per heavy atom. The lowest BCUT2D eigenvalue weighted by Crippen LogP contribution is -1.98. The molecular formula is C15H11BrCl2N2. The van der Waals surface area contributed by atoms with E-state index in [0.29, 0.717) is 5.02 Å². The molecule has 1 heterocycles. The fourth-order valence-electron chi connectivity index (χ4n) is 2.11. The van der Waals surface area contributed by atoms with E-state index in [0.717, 1.165) is 27.2 Å². The number of anilines is 1. The summed E-state index contributed by atoms with van der Waals surface area (Å²) >= 11 is 15.4. The molecule has 0 aliphatic carbocycles. The van der Waals surface area contributed by atoms with E-state index in [2.05, 4.69) is 26.2 Å². The predicted molar refractivity (Wildman–Crippen MR) is 89.8 cm³/mol. The molecule has 0 aliphatic heterocycles. The topological polar surface area (TPSA) is 27.8 Å². The summed E-state index contributed by atoms with van der Waals surface area (Å²) in [7, 11) is 0. The second kappa shape index (κ2) is 5.68. The molecule has 0 amide bonds. The van der Waals surface area contributed by atoms with Gasteiger partial charge in [0.2, 0.25) is 0 Å². The first kappa shape index (κ1) is 13.8. The first-order chi connectivity index (χ1) is 9.63. The van der Waals surface area contributed by atoms with Crippen LogP contribution in [0.5, 0.6) is 0 Å². The van der Waals surface area contributed by atoms with Gasteiger partial charge < -0.3 is 10.3 Å². The highest BCUT2D eigenvalue weighted by atomic mass is 79.9. The zero-order chi connectivity index (χ0) is 14.1. The van der Waals surface area contributed by atoms with Crippen molar-refractivity contribution in [2.24, 2.45) is 0 Å². The average Bonchev–Trinajstić information content (AvgIpc) is 2.82. The fraction of sp³-hybridized carbons (Fsp3) is 0.0667. The average molecular weight is 370 g/mol. The lowest BCUT2D eigenvalue weighted by atomic mass is 10.2. The molecule has 5 heteroatoms. The number of H-pyrrole nitrogens is 1. The summed E-state index contributed by atoms with van der Waals surface area (Å²) in [4.78, 5) is 3.23. The highest BCUT2D eigenvalue weighted by Crippen LogP contribution is 2.27. The van der Waals surface area contributed by atoms with E-state index in [4.69, 9.17) is 23.2 Å². The van der Waals surface area contributed by atoms with Crippen molar-refractivity contribution in [1.82, 2.24) is 4.98 Å². The van der Waals surface area contributed by atoms with Gasteiger partial charge in [-0.25, -0.2) is 0 Å². The van der Waals surface area contributed by atoms with E-state index in [1.165, 1.54) is 10.9 Å². The highest BCUT2D eigenvalue weighted by molar-refractivity contribution is 9.10. The van der Waals surface area contributed by atoms with Gasteiger partial charge in [0.1, 0.15) is 0 Å². The monoisotopic (exact) mass is 368 g/mol. The molecule has 0 atom stereocenters. The van der Waals surface area contributed by atoms with Crippen LogP contribution in [0.25, 0.3) is 10.9 Å². The second-order valence-electron chi connectivity index (χ2n) is 4.49. The van der Waals surface area contributed by atoms with E-state index < -0.39 is 0 Å². The van der Waals surface area contributed by atoms with Crippen molar-refractivity contribution < 1.29 is 0 Å². The minimum absolute atomic E-state index is 0.695. The SMILES string of the molecule is Clc1ccc2c(CNc3ccc(Br)c(Cl)c3)c[nH]c2c1. The molecule has 0 unspecified atom stereocenters. The number of fused-ring (bicyclic) bond motifs is 1. The van der Waals surface area contributed by atoms with Gasteiger partial charge in [0.25, 0.3) is 0 Å². The number of halogens is 3. The van der Waals surface area contributed by atoms with Crippen LogP contribution in [0.15, 0.2) is 47.1 Å². The van der Waals surface area contributed by atoms with Crippen LogP contribution >= 0.6 is 39.1 Å². The summed E-state index contributed by atoms with van der Waals surface area (Å²) < 4.78 is 0.895. The van der Waals surface area contributed by atoms with Gasteiger partial charge in [0, 0.05) is 38.8 Å². The Morgan fingerprint density at radius 2 is 1.95 bits per heavy atom. The van der Waals surface area contributed by atoms with Gasteiger partial charge >= 0.3 is 0 Å². The molecule has 20 heavy (non-hydrogen) atoms. The number of benzene rings is 2. The summed E-state index contributed by atoms with van der Waals surface area (Å²) in [5.41, 5.74) is 3.22. The van der Waals surface area contributed by atoms with E-state index in [1.807, 2.05) is 42.6 Å². The molecule has 1 aromatic heterocycles. The van der Waals surface area contributed by atoms with E-state index in [1.54, 1.807) is 0 Å². The van der Waals surface area contributed by atoms with Crippen molar-refractivity contribution in [1.29, 1.82) is 0 Å². The van der Waals surface area contributed by atoms with Crippen LogP contribution in [-0.4, -0.2) is 4.98 Å². The zero-order valence-corrected chi connectivity index (χ0v) is 13.5. The quantitative estimate of drug-likeness (QED) is 0.595. The molecule has 0 aliphatic rings. The van der Waals surface area contributed by atoms with Crippen molar-refractivity contribution in [3.05, 3.63) is 62.7 Å². The third kappa shape index (κ3) is 2.80. The highest BCUT2D eigenvalue weighted by Gasteiger charge is 2.05. The molecule has 102 valence electrons. The molecule has 3 rings (SSSR count). The second-order valence-corrected chi connectivity index (χ2v) is 6.18. The van der Waals surface area contributed by atoms with Crippen LogP contribution in [0.2, 0.25) is 10.0 Å². The Labute approximate surface area is 135 Å². The van der Waals surface area contributed by atoms with Gasteiger partial charge in [-0.3, -0.25) is 0 Å². The van der Waals surface area contributed by atoms with Gasteiger partial charge in [-0.2, -0.15) is 0 Å². The molecule has 3 aromatic rings. The van der Waals surface area contributed by atoms with Crippen LogP contribution in [0.4, 0.5) is 5.69 Å². The third-order valence-corrected chi connectivity index (χ3v) is 4.60. The number of aromatic nitrogens is 1. The number of nitrogens with one attached hydrogen (secondary N) is 2. The Bertz CT molecular complexity index is 768. The normalized spacial score (nSPS) is 10.9. The molecule has 0 bridgehead atoms. The van der Waals surface area contributed by atoms with Gasteiger partial charge in [0.05, 0.1) is 5.02 Å². The van der Waals surface area contributed by atoms with Crippen molar-refractivity contribution in [3.63, 3.8) is 0 Å². The van der Waals surface area contributed by atoms with Crippen LogP contribution in [-0.2, 0) is 6.54 Å².